The molecule has 1 saturated carbocycles. The summed E-state index contributed by atoms with van der Waals surface area (Å²) in [6.07, 6.45) is 4.38. The van der Waals surface area contributed by atoms with E-state index in [2.05, 4.69) is 33.9 Å². The van der Waals surface area contributed by atoms with E-state index in [4.69, 9.17) is 13.9 Å². The van der Waals surface area contributed by atoms with E-state index in [-0.39, 0.29) is 22.5 Å². The van der Waals surface area contributed by atoms with E-state index in [0.717, 1.165) is 25.7 Å². The van der Waals surface area contributed by atoms with Gasteiger partial charge < -0.3 is 13.9 Å². The molecule has 0 bridgehead atoms. The summed E-state index contributed by atoms with van der Waals surface area (Å²) in [5, 5.41) is 0.192. The van der Waals surface area contributed by atoms with Crippen molar-refractivity contribution in [1.29, 1.82) is 0 Å². The Kier molecular flexibility index (Phi) is 7.39. The van der Waals surface area contributed by atoms with Crippen LogP contribution < -0.4 is 0 Å². The average Bonchev–Trinajstić information content (AvgIpc) is 2.95. The van der Waals surface area contributed by atoms with E-state index >= 15 is 0 Å². The van der Waals surface area contributed by atoms with Crippen LogP contribution in [0.4, 0.5) is 4.79 Å². The molecule has 2 rings (SSSR count). The van der Waals surface area contributed by atoms with Crippen LogP contribution in [-0.4, -0.2) is 56.2 Å². The van der Waals surface area contributed by atoms with Gasteiger partial charge in [0.2, 0.25) is 0 Å². The number of esters is 1. The van der Waals surface area contributed by atoms with Crippen LogP contribution in [0.25, 0.3) is 0 Å². The molecule has 1 aliphatic heterocycles. The molecule has 1 spiro atoms. The minimum Gasteiger partial charge on any atom is -0.464 e. The first-order valence-electron chi connectivity index (χ1n) is 11.4. The van der Waals surface area contributed by atoms with Crippen molar-refractivity contribution in [2.75, 3.05) is 13.2 Å². The highest BCUT2D eigenvalue weighted by Crippen LogP contribution is 2.49. The molecule has 1 saturated heterocycles. The molecule has 1 amide bonds. The number of nitrogens with zero attached hydrogens (tertiary/aromatic N) is 1. The molecule has 1 heterocycles. The summed E-state index contributed by atoms with van der Waals surface area (Å²) >= 11 is 0. The molecule has 1 atom stereocenters. The number of hydrogen-bond donors (Lipinski definition) is 0. The maximum atomic E-state index is 12.8. The average molecular weight is 442 g/mol. The van der Waals surface area contributed by atoms with Crippen LogP contribution in [0.2, 0.25) is 18.1 Å². The zero-order valence-corrected chi connectivity index (χ0v) is 21.6. The number of amides is 1. The third-order valence-electron chi connectivity index (χ3n) is 6.96. The topological polar surface area (TPSA) is 65.1 Å². The molecule has 1 unspecified atom stereocenters. The SMILES string of the molecule is CCOC(=O)C1CC2(CCC(O[Si](C)(C)C(C)(C)C)CC2)CN1C(=O)OC(C)(C)C. The van der Waals surface area contributed by atoms with Crippen molar-refractivity contribution in [2.45, 2.75) is 116 Å². The van der Waals surface area contributed by atoms with Gasteiger partial charge >= 0.3 is 12.1 Å². The lowest BCUT2D eigenvalue weighted by Crippen LogP contribution is -2.46. The van der Waals surface area contributed by atoms with E-state index in [1.54, 1.807) is 11.8 Å². The first kappa shape index (κ1) is 25.2. The lowest BCUT2D eigenvalue weighted by atomic mass is 9.72. The molecule has 6 nitrogen and oxygen atoms in total. The number of carbonyl (C=O) groups is 2. The standard InChI is InChI=1S/C23H43NO5Si/c1-10-27-19(25)18-15-23(16-24(18)20(26)28-21(2,3)4)13-11-17(12-14-23)29-30(8,9)22(5,6)7/h17-18H,10-16H2,1-9H3. The maximum Gasteiger partial charge on any atom is 0.411 e. The van der Waals surface area contributed by atoms with Crippen molar-refractivity contribution >= 4 is 20.4 Å². The Morgan fingerprint density at radius 1 is 1.07 bits per heavy atom. The van der Waals surface area contributed by atoms with Crippen LogP contribution >= 0.6 is 0 Å². The molecule has 0 aromatic heterocycles. The molecular weight excluding hydrogens is 398 g/mol. The summed E-state index contributed by atoms with van der Waals surface area (Å²) in [7, 11) is -1.80. The van der Waals surface area contributed by atoms with Gasteiger partial charge in [0, 0.05) is 12.6 Å². The van der Waals surface area contributed by atoms with Gasteiger partial charge in [-0.25, -0.2) is 9.59 Å². The van der Waals surface area contributed by atoms with Gasteiger partial charge in [-0.1, -0.05) is 20.8 Å². The minimum atomic E-state index is -1.80. The smallest absolute Gasteiger partial charge is 0.411 e. The summed E-state index contributed by atoms with van der Waals surface area (Å²) in [6.45, 7) is 19.6. The largest absolute Gasteiger partial charge is 0.464 e. The monoisotopic (exact) mass is 441 g/mol. The molecule has 0 N–H and O–H groups in total. The molecule has 0 aromatic rings. The molecule has 7 heteroatoms. The first-order chi connectivity index (χ1) is 13.6. The van der Waals surface area contributed by atoms with Gasteiger partial charge in [-0.05, 0) is 83.3 Å². The molecule has 30 heavy (non-hydrogen) atoms. The number of hydrogen-bond acceptors (Lipinski definition) is 5. The molecular formula is C23H43NO5Si. The van der Waals surface area contributed by atoms with Crippen LogP contribution in [0.5, 0.6) is 0 Å². The normalized spacial score (nSPS) is 28.0. The van der Waals surface area contributed by atoms with Gasteiger partial charge in [0.05, 0.1) is 6.61 Å². The van der Waals surface area contributed by atoms with E-state index in [0.29, 0.717) is 19.6 Å². The molecule has 2 aliphatic rings. The van der Waals surface area contributed by atoms with Crippen molar-refractivity contribution in [2.24, 2.45) is 5.41 Å². The molecule has 2 fully saturated rings. The van der Waals surface area contributed by atoms with E-state index in [9.17, 15) is 9.59 Å². The Balaban J connectivity index is 2.09. The number of carbonyl (C=O) groups excluding carboxylic acids is 2. The van der Waals surface area contributed by atoms with Crippen LogP contribution in [-0.2, 0) is 18.7 Å². The zero-order valence-electron chi connectivity index (χ0n) is 20.6. The fraction of sp³-hybridized carbons (Fsp3) is 0.913. The van der Waals surface area contributed by atoms with E-state index < -0.39 is 26.1 Å². The van der Waals surface area contributed by atoms with Crippen LogP contribution in [0.15, 0.2) is 0 Å². The lowest BCUT2D eigenvalue weighted by Gasteiger charge is -2.43. The van der Waals surface area contributed by atoms with Gasteiger partial charge in [0.1, 0.15) is 11.6 Å². The Morgan fingerprint density at radius 2 is 1.63 bits per heavy atom. The van der Waals surface area contributed by atoms with Crippen molar-refractivity contribution in [3.63, 3.8) is 0 Å². The fourth-order valence-corrected chi connectivity index (χ4v) is 5.72. The van der Waals surface area contributed by atoms with Gasteiger partial charge in [-0.2, -0.15) is 0 Å². The van der Waals surface area contributed by atoms with E-state index in [1.807, 2.05) is 20.8 Å². The second kappa shape index (κ2) is 8.81. The molecule has 0 aromatic carbocycles. The van der Waals surface area contributed by atoms with Crippen LogP contribution in [0, 0.1) is 5.41 Å². The number of likely N-dealkylation sites (tertiary alicyclic amines) is 1. The Labute approximate surface area is 184 Å². The lowest BCUT2D eigenvalue weighted by molar-refractivity contribution is -0.148. The van der Waals surface area contributed by atoms with Crippen LogP contribution in [0.1, 0.15) is 80.6 Å². The van der Waals surface area contributed by atoms with E-state index in [1.165, 1.54) is 0 Å². The predicted molar refractivity (Wildman–Crippen MR) is 121 cm³/mol. The Hall–Kier alpha value is -1.08. The second-order valence-electron chi connectivity index (χ2n) is 11.7. The second-order valence-corrected chi connectivity index (χ2v) is 16.4. The van der Waals surface area contributed by atoms with Crippen LogP contribution in [0.3, 0.4) is 0 Å². The highest BCUT2D eigenvalue weighted by Gasteiger charge is 2.52. The maximum absolute atomic E-state index is 12.8. The zero-order chi connectivity index (χ0) is 23.0. The predicted octanol–water partition coefficient (Wildman–Crippen LogP) is 5.51. The number of rotatable bonds is 4. The Bertz CT molecular complexity index is 626. The quantitative estimate of drug-likeness (QED) is 0.425. The highest BCUT2D eigenvalue weighted by molar-refractivity contribution is 6.74. The van der Waals surface area contributed by atoms with Crippen molar-refractivity contribution in [1.82, 2.24) is 4.90 Å². The third-order valence-corrected chi connectivity index (χ3v) is 11.5. The summed E-state index contributed by atoms with van der Waals surface area (Å²) < 4.78 is 17.5. The van der Waals surface area contributed by atoms with Gasteiger partial charge in [-0.15, -0.1) is 0 Å². The minimum absolute atomic E-state index is 0.0539. The van der Waals surface area contributed by atoms with Crippen molar-refractivity contribution < 1.29 is 23.5 Å². The van der Waals surface area contributed by atoms with Crippen molar-refractivity contribution in [3.05, 3.63) is 0 Å². The summed E-state index contributed by atoms with van der Waals surface area (Å²) in [4.78, 5) is 27.1. The first-order valence-corrected chi connectivity index (χ1v) is 14.3. The number of ether oxygens (including phenoxy) is 2. The molecule has 1 aliphatic carbocycles. The van der Waals surface area contributed by atoms with Crippen molar-refractivity contribution in [3.8, 4) is 0 Å². The molecule has 0 radical (unpaired) electrons. The summed E-state index contributed by atoms with van der Waals surface area (Å²) in [5.41, 5.74) is -0.650. The third kappa shape index (κ3) is 5.99. The van der Waals surface area contributed by atoms with Gasteiger partial charge in [0.25, 0.3) is 0 Å². The fourth-order valence-electron chi connectivity index (χ4n) is 4.30. The summed E-state index contributed by atoms with van der Waals surface area (Å²) in [6, 6.07) is -0.558. The van der Waals surface area contributed by atoms with Gasteiger partial charge in [-0.3, -0.25) is 4.90 Å². The Morgan fingerprint density at radius 3 is 2.10 bits per heavy atom. The van der Waals surface area contributed by atoms with Gasteiger partial charge in [0.15, 0.2) is 8.32 Å². The molecule has 174 valence electrons. The highest BCUT2D eigenvalue weighted by atomic mass is 28.4. The summed E-state index contributed by atoms with van der Waals surface area (Å²) in [5.74, 6) is -0.320.